The number of aliphatic hydroxyl groups is 1. The smallest absolute Gasteiger partial charge is 0.296 e. The number of aliphatic hydroxyl groups excluding tert-OH is 1. The van der Waals surface area contributed by atoms with Crippen LogP contribution in [0, 0.1) is 15.9 Å². The highest BCUT2D eigenvalue weighted by Gasteiger charge is 2.46. The molecule has 0 unspecified atom stereocenters. The van der Waals surface area contributed by atoms with Gasteiger partial charge in [-0.05, 0) is 29.8 Å². The fraction of sp³-hybridized carbons (Fsp3) is 0.0909. The number of nitro groups is 1. The van der Waals surface area contributed by atoms with Gasteiger partial charge in [-0.1, -0.05) is 24.3 Å². The fourth-order valence-electron chi connectivity index (χ4n) is 3.53. The molecular weight excluding hydrogens is 407 g/mol. The minimum atomic E-state index is -1.04. The van der Waals surface area contributed by atoms with Gasteiger partial charge in [-0.25, -0.2) is 4.39 Å². The lowest BCUT2D eigenvalue weighted by Crippen LogP contribution is -2.29. The molecule has 1 aliphatic heterocycles. The van der Waals surface area contributed by atoms with Crippen molar-refractivity contribution in [3.05, 3.63) is 105 Å². The molecule has 0 radical (unpaired) electrons. The van der Waals surface area contributed by atoms with E-state index in [1.165, 1.54) is 53.6 Å². The Balaban J connectivity index is 1.87. The van der Waals surface area contributed by atoms with Gasteiger partial charge in [0.1, 0.15) is 17.3 Å². The lowest BCUT2D eigenvalue weighted by molar-refractivity contribution is -0.384. The zero-order valence-corrected chi connectivity index (χ0v) is 15.9. The molecule has 2 heterocycles. The highest BCUT2D eigenvalue weighted by atomic mass is 19.1. The molecule has 8 nitrogen and oxygen atoms in total. The van der Waals surface area contributed by atoms with Gasteiger partial charge in [0, 0.05) is 17.7 Å². The standard InChI is InChI=1S/C22H15FN2O6/c23-15-8-6-13(7-9-15)19-18(20(26)14-3-1-4-16(11-14)25(29)30)21(27)22(28)24(19)12-17-5-2-10-31-17/h1-11,19,26H,12H2/b20-18+/t19-/m0/s1. The van der Waals surface area contributed by atoms with Gasteiger partial charge in [0.05, 0.1) is 29.3 Å². The average Bonchev–Trinajstić information content (AvgIpc) is 3.36. The molecule has 3 aromatic rings. The van der Waals surface area contributed by atoms with E-state index in [0.717, 1.165) is 6.07 Å². The second-order valence-electron chi connectivity index (χ2n) is 6.87. The van der Waals surface area contributed by atoms with Crippen LogP contribution in [-0.2, 0) is 16.1 Å². The molecule has 1 aliphatic rings. The van der Waals surface area contributed by atoms with Crippen molar-refractivity contribution < 1.29 is 28.4 Å². The van der Waals surface area contributed by atoms with Crippen molar-refractivity contribution in [2.45, 2.75) is 12.6 Å². The molecule has 0 aliphatic carbocycles. The summed E-state index contributed by atoms with van der Waals surface area (Å²) in [5.41, 5.74) is -0.132. The maximum atomic E-state index is 13.5. The van der Waals surface area contributed by atoms with Crippen LogP contribution in [0.5, 0.6) is 0 Å². The Morgan fingerprint density at radius 2 is 1.87 bits per heavy atom. The summed E-state index contributed by atoms with van der Waals surface area (Å²) in [6, 6.07) is 12.5. The number of benzene rings is 2. The number of nitrogens with zero attached hydrogens (tertiary/aromatic N) is 2. The number of furan rings is 1. The fourth-order valence-corrected chi connectivity index (χ4v) is 3.53. The summed E-state index contributed by atoms with van der Waals surface area (Å²) in [5.74, 6) is -2.49. The second kappa shape index (κ2) is 7.86. The quantitative estimate of drug-likeness (QED) is 0.219. The van der Waals surface area contributed by atoms with E-state index >= 15 is 0 Å². The van der Waals surface area contributed by atoms with Crippen LogP contribution in [0.15, 0.2) is 76.9 Å². The summed E-state index contributed by atoms with van der Waals surface area (Å²) < 4.78 is 18.8. The number of carbonyl (C=O) groups is 2. The van der Waals surface area contributed by atoms with Gasteiger partial charge in [0.2, 0.25) is 0 Å². The minimum absolute atomic E-state index is 0.0114. The average molecular weight is 422 g/mol. The molecule has 9 heteroatoms. The minimum Gasteiger partial charge on any atom is -0.507 e. The Labute approximate surface area is 175 Å². The van der Waals surface area contributed by atoms with Gasteiger partial charge in [-0.15, -0.1) is 0 Å². The van der Waals surface area contributed by atoms with Gasteiger partial charge < -0.3 is 14.4 Å². The van der Waals surface area contributed by atoms with Crippen LogP contribution in [0.3, 0.4) is 0 Å². The van der Waals surface area contributed by atoms with Gasteiger partial charge in [-0.3, -0.25) is 19.7 Å². The SMILES string of the molecule is O=C1C(=O)N(Cc2ccco2)[C@@H](c2ccc(F)cc2)/C1=C(\O)c1cccc([N+](=O)[O-])c1. The first-order chi connectivity index (χ1) is 14.9. The first-order valence-electron chi connectivity index (χ1n) is 9.18. The third-order valence-corrected chi connectivity index (χ3v) is 4.96. The zero-order chi connectivity index (χ0) is 22.1. The number of amides is 1. The van der Waals surface area contributed by atoms with Crippen molar-refractivity contribution in [3.8, 4) is 0 Å². The van der Waals surface area contributed by atoms with Gasteiger partial charge in [0.15, 0.2) is 0 Å². The molecule has 1 atom stereocenters. The number of hydrogen-bond acceptors (Lipinski definition) is 6. The van der Waals surface area contributed by atoms with Crippen molar-refractivity contribution in [2.75, 3.05) is 0 Å². The van der Waals surface area contributed by atoms with E-state index in [9.17, 15) is 29.2 Å². The van der Waals surface area contributed by atoms with E-state index < -0.39 is 34.2 Å². The van der Waals surface area contributed by atoms with Crippen molar-refractivity contribution in [1.29, 1.82) is 0 Å². The third kappa shape index (κ3) is 3.68. The molecule has 1 N–H and O–H groups in total. The Morgan fingerprint density at radius 1 is 1.13 bits per heavy atom. The number of ketones is 1. The van der Waals surface area contributed by atoms with Crippen LogP contribution in [0.2, 0.25) is 0 Å². The summed E-state index contributed by atoms with van der Waals surface area (Å²) in [5, 5.41) is 22.0. The number of rotatable bonds is 5. The van der Waals surface area contributed by atoms with E-state index in [1.54, 1.807) is 12.1 Å². The lowest BCUT2D eigenvalue weighted by Gasteiger charge is -2.24. The third-order valence-electron chi connectivity index (χ3n) is 4.96. The summed E-state index contributed by atoms with van der Waals surface area (Å²) in [6.07, 6.45) is 1.42. The van der Waals surface area contributed by atoms with E-state index in [4.69, 9.17) is 4.42 Å². The predicted octanol–water partition coefficient (Wildman–Crippen LogP) is 3.95. The molecule has 1 saturated heterocycles. The van der Waals surface area contributed by atoms with E-state index in [-0.39, 0.29) is 23.4 Å². The molecule has 4 rings (SSSR count). The normalized spacial score (nSPS) is 17.8. The molecule has 0 bridgehead atoms. The molecule has 1 amide bonds. The predicted molar refractivity (Wildman–Crippen MR) is 106 cm³/mol. The second-order valence-corrected chi connectivity index (χ2v) is 6.87. The maximum absolute atomic E-state index is 13.5. The molecule has 2 aromatic carbocycles. The number of likely N-dealkylation sites (tertiary alicyclic amines) is 1. The molecule has 1 aromatic heterocycles. The maximum Gasteiger partial charge on any atom is 0.296 e. The first kappa shape index (κ1) is 20.0. The molecule has 0 spiro atoms. The van der Waals surface area contributed by atoms with Crippen LogP contribution >= 0.6 is 0 Å². The van der Waals surface area contributed by atoms with E-state index in [2.05, 4.69) is 0 Å². The Bertz CT molecular complexity index is 1200. The molecule has 156 valence electrons. The van der Waals surface area contributed by atoms with Gasteiger partial charge in [-0.2, -0.15) is 0 Å². The van der Waals surface area contributed by atoms with Crippen molar-refractivity contribution in [2.24, 2.45) is 0 Å². The number of Topliss-reactive ketones (excluding diaryl/α,β-unsaturated/α-hetero) is 1. The first-order valence-corrected chi connectivity index (χ1v) is 9.18. The highest BCUT2D eigenvalue weighted by molar-refractivity contribution is 6.46. The largest absolute Gasteiger partial charge is 0.507 e. The Morgan fingerprint density at radius 3 is 2.52 bits per heavy atom. The van der Waals surface area contributed by atoms with Crippen LogP contribution in [0.4, 0.5) is 10.1 Å². The van der Waals surface area contributed by atoms with Crippen molar-refractivity contribution in [3.63, 3.8) is 0 Å². The zero-order valence-electron chi connectivity index (χ0n) is 15.9. The van der Waals surface area contributed by atoms with Gasteiger partial charge >= 0.3 is 0 Å². The summed E-state index contributed by atoms with van der Waals surface area (Å²) in [4.78, 5) is 37.4. The molecule has 0 saturated carbocycles. The van der Waals surface area contributed by atoms with Gasteiger partial charge in [0.25, 0.3) is 17.4 Å². The van der Waals surface area contributed by atoms with Crippen LogP contribution in [-0.4, -0.2) is 26.6 Å². The summed E-state index contributed by atoms with van der Waals surface area (Å²) in [7, 11) is 0. The Hall–Kier alpha value is -4.27. The molecule has 1 fully saturated rings. The molecular formula is C22H15FN2O6. The number of carbonyl (C=O) groups excluding carboxylic acids is 2. The molecule has 31 heavy (non-hydrogen) atoms. The van der Waals surface area contributed by atoms with E-state index in [1.807, 2.05) is 0 Å². The van der Waals surface area contributed by atoms with Crippen molar-refractivity contribution in [1.82, 2.24) is 4.90 Å². The number of nitro benzene ring substituents is 1. The Kier molecular flexibility index (Phi) is 5.08. The van der Waals surface area contributed by atoms with Crippen LogP contribution in [0.1, 0.15) is 22.9 Å². The van der Waals surface area contributed by atoms with Crippen molar-refractivity contribution >= 4 is 23.1 Å². The highest BCUT2D eigenvalue weighted by Crippen LogP contribution is 2.40. The number of non-ortho nitro benzene ring substituents is 1. The van der Waals surface area contributed by atoms with Crippen LogP contribution in [0.25, 0.3) is 5.76 Å². The summed E-state index contributed by atoms with van der Waals surface area (Å²) in [6.45, 7) is -0.0642. The summed E-state index contributed by atoms with van der Waals surface area (Å²) >= 11 is 0. The topological polar surface area (TPSA) is 114 Å². The number of halogens is 1. The monoisotopic (exact) mass is 422 g/mol. The van der Waals surface area contributed by atoms with Crippen LogP contribution < -0.4 is 0 Å². The number of hydrogen-bond donors (Lipinski definition) is 1. The van der Waals surface area contributed by atoms with E-state index in [0.29, 0.717) is 11.3 Å². The lowest BCUT2D eigenvalue weighted by atomic mass is 9.95.